The SMILES string of the molecule is CN1C[C@@H](C(=O)NCCc2ccc3c(c2)OCCO3)CC1=O. The summed E-state index contributed by atoms with van der Waals surface area (Å²) in [5.41, 5.74) is 1.09. The van der Waals surface area contributed by atoms with Crippen molar-refractivity contribution in [2.75, 3.05) is 33.4 Å². The monoisotopic (exact) mass is 304 g/mol. The lowest BCUT2D eigenvalue weighted by Crippen LogP contribution is -2.33. The molecule has 1 aromatic rings. The summed E-state index contributed by atoms with van der Waals surface area (Å²) in [5, 5.41) is 2.90. The summed E-state index contributed by atoms with van der Waals surface area (Å²) in [7, 11) is 1.73. The minimum atomic E-state index is -0.224. The molecule has 2 aliphatic rings. The van der Waals surface area contributed by atoms with E-state index in [2.05, 4.69) is 5.32 Å². The van der Waals surface area contributed by atoms with E-state index in [1.54, 1.807) is 11.9 Å². The van der Waals surface area contributed by atoms with Gasteiger partial charge in [-0.2, -0.15) is 0 Å². The van der Waals surface area contributed by atoms with Gasteiger partial charge in [-0.05, 0) is 24.1 Å². The number of carbonyl (C=O) groups is 2. The number of ether oxygens (including phenoxy) is 2. The topological polar surface area (TPSA) is 67.9 Å². The second-order valence-corrected chi connectivity index (χ2v) is 5.69. The van der Waals surface area contributed by atoms with E-state index in [0.29, 0.717) is 32.7 Å². The molecule has 2 aliphatic heterocycles. The van der Waals surface area contributed by atoms with Gasteiger partial charge in [-0.15, -0.1) is 0 Å². The van der Waals surface area contributed by atoms with Gasteiger partial charge in [-0.1, -0.05) is 6.07 Å². The predicted molar refractivity (Wildman–Crippen MR) is 79.9 cm³/mol. The Hall–Kier alpha value is -2.24. The Labute approximate surface area is 129 Å². The number of nitrogens with zero attached hydrogens (tertiary/aromatic N) is 1. The summed E-state index contributed by atoms with van der Waals surface area (Å²) in [5.74, 6) is 1.30. The van der Waals surface area contributed by atoms with Crippen molar-refractivity contribution in [3.05, 3.63) is 23.8 Å². The molecule has 1 atom stereocenters. The van der Waals surface area contributed by atoms with Crippen molar-refractivity contribution >= 4 is 11.8 Å². The maximum absolute atomic E-state index is 12.0. The maximum Gasteiger partial charge on any atom is 0.225 e. The maximum atomic E-state index is 12.0. The molecule has 1 saturated heterocycles. The van der Waals surface area contributed by atoms with Gasteiger partial charge in [-0.25, -0.2) is 0 Å². The lowest BCUT2D eigenvalue weighted by molar-refractivity contribution is -0.128. The number of likely N-dealkylation sites (tertiary alicyclic amines) is 1. The molecule has 2 amide bonds. The summed E-state index contributed by atoms with van der Waals surface area (Å²) < 4.78 is 11.0. The molecule has 0 aliphatic carbocycles. The molecule has 118 valence electrons. The minimum Gasteiger partial charge on any atom is -0.486 e. The number of nitrogens with one attached hydrogen (secondary N) is 1. The van der Waals surface area contributed by atoms with E-state index < -0.39 is 0 Å². The molecular formula is C16H20N2O4. The molecule has 2 heterocycles. The van der Waals surface area contributed by atoms with E-state index >= 15 is 0 Å². The predicted octanol–water partition coefficient (Wildman–Crippen LogP) is 0.595. The van der Waals surface area contributed by atoms with E-state index in [1.165, 1.54) is 0 Å². The van der Waals surface area contributed by atoms with Gasteiger partial charge in [0.2, 0.25) is 11.8 Å². The number of amides is 2. The third-order valence-corrected chi connectivity index (χ3v) is 4.03. The number of carbonyl (C=O) groups excluding carboxylic acids is 2. The van der Waals surface area contributed by atoms with Gasteiger partial charge >= 0.3 is 0 Å². The van der Waals surface area contributed by atoms with Crippen LogP contribution in [0.4, 0.5) is 0 Å². The van der Waals surface area contributed by atoms with Gasteiger partial charge in [0.25, 0.3) is 0 Å². The molecule has 1 N–H and O–H groups in total. The lowest BCUT2D eigenvalue weighted by atomic mass is 10.1. The Balaban J connectivity index is 1.49. The molecule has 0 unspecified atom stereocenters. The van der Waals surface area contributed by atoms with Crippen LogP contribution in [0.3, 0.4) is 0 Å². The quantitative estimate of drug-likeness (QED) is 0.884. The van der Waals surface area contributed by atoms with Crippen LogP contribution in [0.25, 0.3) is 0 Å². The van der Waals surface area contributed by atoms with Gasteiger partial charge in [-0.3, -0.25) is 9.59 Å². The molecule has 0 bridgehead atoms. The average molecular weight is 304 g/mol. The van der Waals surface area contributed by atoms with Crippen LogP contribution in [0.1, 0.15) is 12.0 Å². The van der Waals surface area contributed by atoms with Crippen LogP contribution in [-0.4, -0.2) is 50.1 Å². The van der Waals surface area contributed by atoms with Crippen molar-refractivity contribution in [1.29, 1.82) is 0 Å². The minimum absolute atomic E-state index is 0.0342. The van der Waals surface area contributed by atoms with Gasteiger partial charge < -0.3 is 19.7 Å². The molecular weight excluding hydrogens is 284 g/mol. The average Bonchev–Trinajstić information content (AvgIpc) is 2.86. The Morgan fingerprint density at radius 3 is 2.82 bits per heavy atom. The van der Waals surface area contributed by atoms with Crippen molar-refractivity contribution in [2.24, 2.45) is 5.92 Å². The summed E-state index contributed by atoms with van der Waals surface area (Å²) in [6.07, 6.45) is 1.03. The van der Waals surface area contributed by atoms with Crippen molar-refractivity contribution in [3.63, 3.8) is 0 Å². The molecule has 1 aromatic carbocycles. The molecule has 3 rings (SSSR count). The van der Waals surface area contributed by atoms with Crippen molar-refractivity contribution in [1.82, 2.24) is 10.2 Å². The summed E-state index contributed by atoms with van der Waals surface area (Å²) in [6.45, 7) is 2.20. The van der Waals surface area contributed by atoms with Crippen LogP contribution in [0.15, 0.2) is 18.2 Å². The van der Waals surface area contributed by atoms with Crippen molar-refractivity contribution in [3.8, 4) is 11.5 Å². The highest BCUT2D eigenvalue weighted by Gasteiger charge is 2.31. The van der Waals surface area contributed by atoms with Gasteiger partial charge in [0, 0.05) is 26.6 Å². The van der Waals surface area contributed by atoms with E-state index in [-0.39, 0.29) is 17.7 Å². The van der Waals surface area contributed by atoms with Crippen LogP contribution >= 0.6 is 0 Å². The Bertz CT molecular complexity index is 588. The molecule has 6 nitrogen and oxygen atoms in total. The third-order valence-electron chi connectivity index (χ3n) is 4.03. The zero-order valence-corrected chi connectivity index (χ0v) is 12.6. The zero-order chi connectivity index (χ0) is 15.5. The van der Waals surface area contributed by atoms with Crippen LogP contribution in [0.5, 0.6) is 11.5 Å². The van der Waals surface area contributed by atoms with Crippen LogP contribution in [-0.2, 0) is 16.0 Å². The number of fused-ring (bicyclic) bond motifs is 1. The van der Waals surface area contributed by atoms with Crippen molar-refractivity contribution in [2.45, 2.75) is 12.8 Å². The molecule has 0 saturated carbocycles. The molecule has 1 fully saturated rings. The standard InChI is InChI=1S/C16H20N2O4/c1-18-10-12(9-15(18)19)16(20)17-5-4-11-2-3-13-14(8-11)22-7-6-21-13/h2-3,8,12H,4-7,9-10H2,1H3,(H,17,20)/t12-/m0/s1. The zero-order valence-electron chi connectivity index (χ0n) is 12.6. The molecule has 22 heavy (non-hydrogen) atoms. The van der Waals surface area contributed by atoms with E-state index in [4.69, 9.17) is 9.47 Å². The summed E-state index contributed by atoms with van der Waals surface area (Å²) >= 11 is 0. The first-order chi connectivity index (χ1) is 10.6. The second kappa shape index (κ2) is 6.25. The normalized spacial score (nSPS) is 20.1. The fourth-order valence-corrected chi connectivity index (χ4v) is 2.76. The van der Waals surface area contributed by atoms with Gasteiger partial charge in [0.05, 0.1) is 5.92 Å². The number of hydrogen-bond donors (Lipinski definition) is 1. The first kappa shape index (κ1) is 14.7. The summed E-state index contributed by atoms with van der Waals surface area (Å²) in [4.78, 5) is 25.1. The molecule has 0 aromatic heterocycles. The number of hydrogen-bond acceptors (Lipinski definition) is 4. The number of rotatable bonds is 4. The fraction of sp³-hybridized carbons (Fsp3) is 0.500. The van der Waals surface area contributed by atoms with Crippen LogP contribution in [0.2, 0.25) is 0 Å². The first-order valence-corrected chi connectivity index (χ1v) is 7.53. The Morgan fingerprint density at radius 2 is 2.09 bits per heavy atom. The van der Waals surface area contributed by atoms with Crippen LogP contribution in [0, 0.1) is 5.92 Å². The van der Waals surface area contributed by atoms with E-state index in [0.717, 1.165) is 23.5 Å². The van der Waals surface area contributed by atoms with Gasteiger partial charge in [0.1, 0.15) is 13.2 Å². The highest BCUT2D eigenvalue weighted by molar-refractivity contribution is 5.89. The summed E-state index contributed by atoms with van der Waals surface area (Å²) in [6, 6.07) is 5.83. The van der Waals surface area contributed by atoms with Crippen LogP contribution < -0.4 is 14.8 Å². The third kappa shape index (κ3) is 3.16. The Morgan fingerprint density at radius 1 is 1.32 bits per heavy atom. The lowest BCUT2D eigenvalue weighted by Gasteiger charge is -2.19. The Kier molecular flexibility index (Phi) is 4.18. The molecule has 6 heteroatoms. The molecule has 0 radical (unpaired) electrons. The highest BCUT2D eigenvalue weighted by atomic mass is 16.6. The smallest absolute Gasteiger partial charge is 0.225 e. The van der Waals surface area contributed by atoms with Crippen molar-refractivity contribution < 1.29 is 19.1 Å². The largest absolute Gasteiger partial charge is 0.486 e. The molecule has 0 spiro atoms. The van der Waals surface area contributed by atoms with E-state index in [9.17, 15) is 9.59 Å². The first-order valence-electron chi connectivity index (χ1n) is 7.53. The van der Waals surface area contributed by atoms with E-state index in [1.807, 2.05) is 18.2 Å². The second-order valence-electron chi connectivity index (χ2n) is 5.69. The number of benzene rings is 1. The van der Waals surface area contributed by atoms with Gasteiger partial charge in [0.15, 0.2) is 11.5 Å². The highest BCUT2D eigenvalue weighted by Crippen LogP contribution is 2.30. The fourth-order valence-electron chi connectivity index (χ4n) is 2.76.